The van der Waals surface area contributed by atoms with Gasteiger partial charge in [-0.15, -0.1) is 11.3 Å². The largest absolute Gasteiger partial charge is 0.365 e. The van der Waals surface area contributed by atoms with Crippen LogP contribution in [0.5, 0.6) is 0 Å². The summed E-state index contributed by atoms with van der Waals surface area (Å²) in [6.45, 7) is 2.28. The maximum atomic E-state index is 12.4. The van der Waals surface area contributed by atoms with Crippen molar-refractivity contribution in [2.45, 2.75) is 19.5 Å². The normalized spacial score (nSPS) is 13.8. The number of nitrogens with zero attached hydrogens (tertiary/aromatic N) is 2. The van der Waals surface area contributed by atoms with E-state index in [1.165, 1.54) is 35.1 Å². The quantitative estimate of drug-likeness (QED) is 0.308. The molecule has 8 nitrogen and oxygen atoms in total. The molecule has 0 atom stereocenters. The first kappa shape index (κ1) is 21.9. The Morgan fingerprint density at radius 1 is 1.19 bits per heavy atom. The van der Waals surface area contributed by atoms with Crippen molar-refractivity contribution in [2.24, 2.45) is 5.73 Å². The Bertz CT molecular complexity index is 1200. The van der Waals surface area contributed by atoms with E-state index < -0.39 is 16.7 Å². The van der Waals surface area contributed by atoms with Crippen molar-refractivity contribution in [1.82, 2.24) is 4.90 Å². The number of hydrogen-bond donors (Lipinski definition) is 2. The van der Waals surface area contributed by atoms with Crippen molar-refractivity contribution in [1.29, 1.82) is 0 Å². The van der Waals surface area contributed by atoms with Crippen LogP contribution in [0, 0.1) is 10.1 Å². The molecular weight excluding hydrogens is 448 g/mol. The third-order valence-electron chi connectivity index (χ3n) is 5.06. The number of nitrogens with one attached hydrogen (secondary N) is 1. The van der Waals surface area contributed by atoms with E-state index >= 15 is 0 Å². The van der Waals surface area contributed by atoms with Gasteiger partial charge in [0.15, 0.2) is 0 Å². The molecule has 1 aliphatic rings. The van der Waals surface area contributed by atoms with Gasteiger partial charge in [0.1, 0.15) is 5.00 Å². The summed E-state index contributed by atoms with van der Waals surface area (Å²) in [5.41, 5.74) is 8.13. The Labute approximate surface area is 192 Å². The standard InChI is InChI=1S/C22H20N4O4S2/c23-21(28)20-16-10-11-25(12-14-4-2-1-3-5-14)13-17(16)32-22(20)24-18(27)8-6-15-7-9-19(31-15)26(29)30/h1-9H,10-13H2,(H2,23,28)(H,24,27)/b8-6+. The molecule has 0 radical (unpaired) electrons. The van der Waals surface area contributed by atoms with Crippen LogP contribution >= 0.6 is 22.7 Å². The lowest BCUT2D eigenvalue weighted by molar-refractivity contribution is -0.380. The second-order valence-electron chi connectivity index (χ2n) is 7.27. The average molecular weight is 469 g/mol. The summed E-state index contributed by atoms with van der Waals surface area (Å²) in [7, 11) is 0. The number of carbonyl (C=O) groups excluding carboxylic acids is 2. The number of primary amides is 1. The molecule has 0 bridgehead atoms. The van der Waals surface area contributed by atoms with Crippen LogP contribution in [0.1, 0.15) is 31.2 Å². The minimum Gasteiger partial charge on any atom is -0.365 e. The molecule has 2 amide bonds. The van der Waals surface area contributed by atoms with Crippen molar-refractivity contribution in [3.63, 3.8) is 0 Å². The predicted molar refractivity (Wildman–Crippen MR) is 126 cm³/mol. The highest BCUT2D eigenvalue weighted by molar-refractivity contribution is 7.17. The van der Waals surface area contributed by atoms with Gasteiger partial charge < -0.3 is 11.1 Å². The SMILES string of the molecule is NC(=O)c1c(NC(=O)/C=C/c2ccc([N+](=O)[O-])s2)sc2c1CCN(Cc1ccccc1)C2. The number of anilines is 1. The molecule has 164 valence electrons. The van der Waals surface area contributed by atoms with E-state index in [0.717, 1.165) is 34.9 Å². The van der Waals surface area contributed by atoms with Crippen LogP contribution in [0.25, 0.3) is 6.08 Å². The molecule has 0 unspecified atom stereocenters. The summed E-state index contributed by atoms with van der Waals surface area (Å²) < 4.78 is 0. The van der Waals surface area contributed by atoms with Crippen LogP contribution in [0.15, 0.2) is 48.5 Å². The van der Waals surface area contributed by atoms with Crippen LogP contribution in [-0.2, 0) is 24.3 Å². The summed E-state index contributed by atoms with van der Waals surface area (Å²) in [5, 5.41) is 14.0. The number of amides is 2. The number of rotatable bonds is 7. The molecule has 0 spiro atoms. The molecule has 3 heterocycles. The smallest absolute Gasteiger partial charge is 0.324 e. The molecule has 0 fully saturated rings. The second kappa shape index (κ2) is 9.43. The maximum absolute atomic E-state index is 12.4. The minimum absolute atomic E-state index is 0.00654. The fraction of sp³-hybridized carbons (Fsp3) is 0.182. The van der Waals surface area contributed by atoms with E-state index in [9.17, 15) is 19.7 Å². The van der Waals surface area contributed by atoms with Gasteiger partial charge in [-0.3, -0.25) is 24.6 Å². The van der Waals surface area contributed by atoms with Crippen LogP contribution < -0.4 is 11.1 Å². The van der Waals surface area contributed by atoms with Gasteiger partial charge in [0.05, 0.1) is 10.5 Å². The molecule has 32 heavy (non-hydrogen) atoms. The molecule has 1 aliphatic heterocycles. The van der Waals surface area contributed by atoms with Crippen LogP contribution in [0.4, 0.5) is 10.0 Å². The average Bonchev–Trinajstić information content (AvgIpc) is 3.37. The molecular formula is C22H20N4O4S2. The lowest BCUT2D eigenvalue weighted by Gasteiger charge is -2.27. The van der Waals surface area contributed by atoms with Gasteiger partial charge in [0, 0.05) is 41.5 Å². The molecule has 3 aromatic rings. The number of nitro groups is 1. The fourth-order valence-electron chi connectivity index (χ4n) is 3.62. The van der Waals surface area contributed by atoms with Crippen molar-refractivity contribution >= 4 is 50.6 Å². The third kappa shape index (κ3) is 4.93. The molecule has 1 aromatic carbocycles. The molecule has 0 aliphatic carbocycles. The molecule has 0 saturated carbocycles. The molecule has 3 N–H and O–H groups in total. The zero-order chi connectivity index (χ0) is 22.7. The molecule has 4 rings (SSSR count). The number of benzene rings is 1. The summed E-state index contributed by atoms with van der Waals surface area (Å²) in [4.78, 5) is 38.8. The van der Waals surface area contributed by atoms with Crippen LogP contribution in [0.2, 0.25) is 0 Å². The summed E-state index contributed by atoms with van der Waals surface area (Å²) in [6, 6.07) is 13.1. The van der Waals surface area contributed by atoms with Crippen molar-refractivity contribution in [2.75, 3.05) is 11.9 Å². The lowest BCUT2D eigenvalue weighted by atomic mass is 10.0. The summed E-state index contributed by atoms with van der Waals surface area (Å²) in [6.07, 6.45) is 3.48. The molecule has 10 heteroatoms. The maximum Gasteiger partial charge on any atom is 0.324 e. The Morgan fingerprint density at radius 3 is 2.66 bits per heavy atom. The first-order valence-electron chi connectivity index (χ1n) is 9.84. The van der Waals surface area contributed by atoms with Crippen molar-refractivity contribution in [3.05, 3.63) is 85.1 Å². The van der Waals surface area contributed by atoms with Gasteiger partial charge in [0.2, 0.25) is 5.91 Å². The fourth-order valence-corrected chi connectivity index (χ4v) is 5.65. The minimum atomic E-state index is -0.563. The first-order valence-corrected chi connectivity index (χ1v) is 11.5. The first-order chi connectivity index (χ1) is 15.4. The molecule has 0 saturated heterocycles. The van der Waals surface area contributed by atoms with Crippen LogP contribution in [0.3, 0.4) is 0 Å². The highest BCUT2D eigenvalue weighted by Crippen LogP contribution is 2.37. The topological polar surface area (TPSA) is 119 Å². The van der Waals surface area contributed by atoms with E-state index in [1.54, 1.807) is 6.07 Å². The summed E-state index contributed by atoms with van der Waals surface area (Å²) in [5.74, 6) is -0.990. The Morgan fingerprint density at radius 2 is 1.97 bits per heavy atom. The van der Waals surface area contributed by atoms with Crippen LogP contribution in [-0.4, -0.2) is 28.2 Å². The third-order valence-corrected chi connectivity index (χ3v) is 7.19. The van der Waals surface area contributed by atoms with Gasteiger partial charge in [-0.2, -0.15) is 0 Å². The predicted octanol–water partition coefficient (Wildman–Crippen LogP) is 4.03. The van der Waals surface area contributed by atoms with Gasteiger partial charge in [-0.05, 0) is 29.7 Å². The zero-order valence-corrected chi connectivity index (χ0v) is 18.6. The van der Waals surface area contributed by atoms with E-state index in [2.05, 4.69) is 22.3 Å². The highest BCUT2D eigenvalue weighted by atomic mass is 32.1. The van der Waals surface area contributed by atoms with E-state index in [1.807, 2.05) is 18.2 Å². The monoisotopic (exact) mass is 468 g/mol. The summed E-state index contributed by atoms with van der Waals surface area (Å²) >= 11 is 2.34. The number of fused-ring (bicyclic) bond motifs is 1. The van der Waals surface area contributed by atoms with E-state index in [4.69, 9.17) is 5.73 Å². The van der Waals surface area contributed by atoms with Gasteiger partial charge >= 0.3 is 5.00 Å². The van der Waals surface area contributed by atoms with Crippen molar-refractivity contribution in [3.8, 4) is 0 Å². The van der Waals surface area contributed by atoms with E-state index in [0.29, 0.717) is 28.4 Å². The van der Waals surface area contributed by atoms with Gasteiger partial charge in [-0.25, -0.2) is 0 Å². The zero-order valence-electron chi connectivity index (χ0n) is 16.9. The highest BCUT2D eigenvalue weighted by Gasteiger charge is 2.27. The Balaban J connectivity index is 1.48. The number of carbonyl (C=O) groups is 2. The Hall–Kier alpha value is -3.34. The van der Waals surface area contributed by atoms with E-state index in [-0.39, 0.29) is 5.00 Å². The number of nitrogens with two attached hydrogens (primary N) is 1. The lowest BCUT2D eigenvalue weighted by Crippen LogP contribution is -2.30. The number of hydrogen-bond acceptors (Lipinski definition) is 7. The van der Waals surface area contributed by atoms with Gasteiger partial charge in [-0.1, -0.05) is 41.7 Å². The van der Waals surface area contributed by atoms with Gasteiger partial charge in [0.25, 0.3) is 5.91 Å². The Kier molecular flexibility index (Phi) is 6.45. The second-order valence-corrected chi connectivity index (χ2v) is 9.47. The number of thiophene rings is 2. The molecule has 2 aromatic heterocycles. The van der Waals surface area contributed by atoms with Crippen molar-refractivity contribution < 1.29 is 14.5 Å².